The molecule has 0 fully saturated rings. The highest BCUT2D eigenvalue weighted by Gasteiger charge is 2.26. The van der Waals surface area contributed by atoms with E-state index in [0.29, 0.717) is 11.4 Å². The van der Waals surface area contributed by atoms with Gasteiger partial charge < -0.3 is 4.57 Å². The number of pyridine rings is 2. The first-order chi connectivity index (χ1) is 13.8. The van der Waals surface area contributed by atoms with Crippen LogP contribution < -0.4 is 0 Å². The van der Waals surface area contributed by atoms with Crippen LogP contribution in [0.15, 0.2) is 22.2 Å². The largest absolute Gasteiger partial charge is 0.324 e. The predicted molar refractivity (Wildman–Crippen MR) is 120 cm³/mol. The molecular formula is C21H25N5OS2. The molecule has 4 heterocycles. The lowest BCUT2D eigenvalue weighted by molar-refractivity contribution is 0.684. The van der Waals surface area contributed by atoms with E-state index in [9.17, 15) is 4.21 Å². The van der Waals surface area contributed by atoms with Crippen molar-refractivity contribution in [3.8, 4) is 11.5 Å². The third-order valence-corrected chi connectivity index (χ3v) is 7.84. The van der Waals surface area contributed by atoms with Gasteiger partial charge in [-0.2, -0.15) is 5.10 Å². The minimum atomic E-state index is -1.17. The van der Waals surface area contributed by atoms with Gasteiger partial charge in [-0.25, -0.2) is 14.5 Å². The third kappa shape index (κ3) is 2.92. The Morgan fingerprint density at radius 3 is 2.52 bits per heavy atom. The van der Waals surface area contributed by atoms with E-state index in [1.54, 1.807) is 11.8 Å². The number of nitrogens with zero attached hydrogens (tertiary/aromatic N) is 5. The molecule has 4 rings (SSSR count). The van der Waals surface area contributed by atoms with E-state index in [2.05, 4.69) is 32.7 Å². The second-order valence-electron chi connectivity index (χ2n) is 7.24. The SMILES string of the molecule is CCS(=O)c1c(-c2nc3cc(SC)ncc3n2C)nn2c(C)c(C)c(C)c(C)c12. The van der Waals surface area contributed by atoms with E-state index in [-0.39, 0.29) is 0 Å². The Hall–Kier alpha value is -2.19. The maximum atomic E-state index is 13.2. The van der Waals surface area contributed by atoms with Crippen LogP contribution in [0.3, 0.4) is 0 Å². The number of hydrogen-bond acceptors (Lipinski definition) is 5. The topological polar surface area (TPSA) is 65.1 Å². The van der Waals surface area contributed by atoms with Crippen molar-refractivity contribution in [2.75, 3.05) is 12.0 Å². The molecule has 1 atom stereocenters. The van der Waals surface area contributed by atoms with Gasteiger partial charge in [0, 0.05) is 18.5 Å². The number of fused-ring (bicyclic) bond motifs is 2. The summed E-state index contributed by atoms with van der Waals surface area (Å²) in [6.45, 7) is 10.3. The average Bonchev–Trinajstić information content (AvgIpc) is 3.28. The van der Waals surface area contributed by atoms with Gasteiger partial charge in [-0.15, -0.1) is 11.8 Å². The molecule has 6 nitrogen and oxygen atoms in total. The molecule has 0 amide bonds. The van der Waals surface area contributed by atoms with Crippen LogP contribution in [0.25, 0.3) is 28.1 Å². The van der Waals surface area contributed by atoms with E-state index in [4.69, 9.17) is 10.1 Å². The highest BCUT2D eigenvalue weighted by atomic mass is 32.2. The van der Waals surface area contributed by atoms with Gasteiger partial charge in [-0.1, -0.05) is 6.92 Å². The molecule has 0 saturated carbocycles. The van der Waals surface area contributed by atoms with Crippen LogP contribution in [-0.4, -0.2) is 40.4 Å². The molecule has 0 aromatic carbocycles. The molecular weight excluding hydrogens is 402 g/mol. The van der Waals surface area contributed by atoms with Gasteiger partial charge in [0.15, 0.2) is 5.82 Å². The first kappa shape index (κ1) is 20.1. The van der Waals surface area contributed by atoms with Gasteiger partial charge in [0.25, 0.3) is 0 Å². The Morgan fingerprint density at radius 2 is 1.86 bits per heavy atom. The molecule has 152 valence electrons. The molecule has 0 saturated heterocycles. The van der Waals surface area contributed by atoms with Crippen molar-refractivity contribution in [1.82, 2.24) is 24.1 Å². The monoisotopic (exact) mass is 427 g/mol. The van der Waals surface area contributed by atoms with Crippen molar-refractivity contribution in [2.45, 2.75) is 44.5 Å². The maximum absolute atomic E-state index is 13.2. The Labute approximate surface area is 177 Å². The molecule has 0 N–H and O–H groups in total. The van der Waals surface area contributed by atoms with E-state index in [1.165, 1.54) is 11.1 Å². The number of aromatic nitrogens is 5. The van der Waals surface area contributed by atoms with Gasteiger partial charge >= 0.3 is 0 Å². The fraction of sp³-hybridized carbons (Fsp3) is 0.381. The molecule has 0 aliphatic rings. The van der Waals surface area contributed by atoms with E-state index >= 15 is 0 Å². The number of thioether (sulfide) groups is 1. The Kier molecular flexibility index (Phi) is 5.02. The first-order valence-corrected chi connectivity index (χ1v) is 12.1. The molecule has 0 bridgehead atoms. The molecule has 0 spiro atoms. The number of rotatable bonds is 4. The molecule has 0 aliphatic carbocycles. The van der Waals surface area contributed by atoms with Gasteiger partial charge in [0.1, 0.15) is 5.69 Å². The van der Waals surface area contributed by atoms with Crippen LogP contribution in [0.4, 0.5) is 0 Å². The molecule has 8 heteroatoms. The van der Waals surface area contributed by atoms with Gasteiger partial charge in [-0.05, 0) is 56.7 Å². The molecule has 0 radical (unpaired) electrons. The highest BCUT2D eigenvalue weighted by Crippen LogP contribution is 2.35. The second-order valence-corrected chi connectivity index (χ2v) is 9.75. The van der Waals surface area contributed by atoms with Crippen molar-refractivity contribution in [2.24, 2.45) is 7.05 Å². The Morgan fingerprint density at radius 1 is 1.14 bits per heavy atom. The summed E-state index contributed by atoms with van der Waals surface area (Å²) < 4.78 is 17.1. The maximum Gasteiger partial charge on any atom is 0.162 e. The fourth-order valence-corrected chi connectivity index (χ4v) is 5.24. The van der Waals surface area contributed by atoms with Gasteiger partial charge in [0.2, 0.25) is 0 Å². The lowest BCUT2D eigenvalue weighted by atomic mass is 10.0. The van der Waals surface area contributed by atoms with Crippen LogP contribution in [0.5, 0.6) is 0 Å². The normalized spacial score (nSPS) is 12.9. The quantitative estimate of drug-likeness (QED) is 0.453. The summed E-state index contributed by atoms with van der Waals surface area (Å²) in [4.78, 5) is 10.1. The van der Waals surface area contributed by atoms with Crippen LogP contribution in [0.2, 0.25) is 0 Å². The van der Waals surface area contributed by atoms with Crippen LogP contribution in [-0.2, 0) is 17.8 Å². The summed E-state index contributed by atoms with van der Waals surface area (Å²) in [5, 5.41) is 5.85. The molecule has 4 aromatic rings. The second kappa shape index (κ2) is 7.25. The first-order valence-electron chi connectivity index (χ1n) is 9.54. The summed E-state index contributed by atoms with van der Waals surface area (Å²) in [6, 6.07) is 1.99. The van der Waals surface area contributed by atoms with E-state index in [1.807, 2.05) is 41.6 Å². The lowest BCUT2D eigenvalue weighted by Gasteiger charge is -2.12. The summed E-state index contributed by atoms with van der Waals surface area (Å²) >= 11 is 1.59. The fourth-order valence-electron chi connectivity index (χ4n) is 3.76. The zero-order valence-corrected chi connectivity index (χ0v) is 19.5. The standard InChI is InChI=1S/C21H25N5OS2/c1-8-29(27)20-18(24-26-14(5)12(3)11(2)13(4)19(20)26)21-23-15-9-17(28-7)22-10-16(15)25(21)6/h9-10H,8H2,1-7H3. The summed E-state index contributed by atoms with van der Waals surface area (Å²) in [5.41, 5.74) is 8.03. The predicted octanol–water partition coefficient (Wildman–Crippen LogP) is 4.37. The zero-order valence-electron chi connectivity index (χ0n) is 17.8. The van der Waals surface area contributed by atoms with Crippen molar-refractivity contribution >= 4 is 39.1 Å². The number of aryl methyl sites for hydroxylation is 3. The smallest absolute Gasteiger partial charge is 0.162 e. The Balaban J connectivity index is 2.13. The highest BCUT2D eigenvalue weighted by molar-refractivity contribution is 7.98. The minimum absolute atomic E-state index is 0.530. The summed E-state index contributed by atoms with van der Waals surface area (Å²) in [7, 11) is 0.791. The molecule has 29 heavy (non-hydrogen) atoms. The summed E-state index contributed by atoms with van der Waals surface area (Å²) in [6.07, 6.45) is 3.84. The van der Waals surface area contributed by atoms with Crippen LogP contribution >= 0.6 is 11.8 Å². The summed E-state index contributed by atoms with van der Waals surface area (Å²) in [5.74, 6) is 1.25. The van der Waals surface area contributed by atoms with E-state index in [0.717, 1.165) is 43.6 Å². The van der Waals surface area contributed by atoms with Crippen LogP contribution in [0.1, 0.15) is 29.3 Å². The molecule has 0 aliphatic heterocycles. The van der Waals surface area contributed by atoms with Crippen molar-refractivity contribution < 1.29 is 4.21 Å². The van der Waals surface area contributed by atoms with Gasteiger partial charge in [0.05, 0.1) is 43.5 Å². The van der Waals surface area contributed by atoms with Crippen LogP contribution in [0, 0.1) is 27.7 Å². The van der Waals surface area contributed by atoms with Crippen molar-refractivity contribution in [3.05, 3.63) is 34.6 Å². The average molecular weight is 428 g/mol. The van der Waals surface area contributed by atoms with Gasteiger partial charge in [-0.3, -0.25) is 4.21 Å². The zero-order chi connectivity index (χ0) is 21.0. The Bertz CT molecular complexity index is 1300. The van der Waals surface area contributed by atoms with Crippen molar-refractivity contribution in [3.63, 3.8) is 0 Å². The third-order valence-electron chi connectivity index (χ3n) is 5.84. The number of imidazole rings is 1. The minimum Gasteiger partial charge on any atom is -0.324 e. The van der Waals surface area contributed by atoms with Crippen molar-refractivity contribution in [1.29, 1.82) is 0 Å². The van der Waals surface area contributed by atoms with E-state index < -0.39 is 10.8 Å². The number of hydrogen-bond donors (Lipinski definition) is 0. The lowest BCUT2D eigenvalue weighted by Crippen LogP contribution is -2.03. The molecule has 1 unspecified atom stereocenters. The molecule has 4 aromatic heterocycles.